The van der Waals surface area contributed by atoms with E-state index < -0.39 is 6.10 Å². The van der Waals surface area contributed by atoms with E-state index in [0.29, 0.717) is 12.3 Å². The Balaban J connectivity index is 1.80. The predicted octanol–water partition coefficient (Wildman–Crippen LogP) is 4.04. The van der Waals surface area contributed by atoms with Gasteiger partial charge in [0.1, 0.15) is 24.3 Å². The zero-order valence-corrected chi connectivity index (χ0v) is 14.8. The van der Waals surface area contributed by atoms with Crippen molar-refractivity contribution in [1.82, 2.24) is 0 Å². The zero-order chi connectivity index (χ0) is 15.2. The molecule has 1 atom stereocenters. The summed E-state index contributed by atoms with van der Waals surface area (Å²) in [5, 5.41) is 13.0. The van der Waals surface area contributed by atoms with Gasteiger partial charge in [0.05, 0.1) is 0 Å². The molecule has 0 aliphatic heterocycles. The quantitative estimate of drug-likeness (QED) is 0.632. The van der Waals surface area contributed by atoms with Gasteiger partial charge in [-0.1, -0.05) is 22.0 Å². The second kappa shape index (κ2) is 7.95. The average Bonchev–Trinajstić information content (AvgIpc) is 2.44. The van der Waals surface area contributed by atoms with Gasteiger partial charge in [0.25, 0.3) is 0 Å². The van der Waals surface area contributed by atoms with Gasteiger partial charge in [-0.3, -0.25) is 0 Å². The second-order valence-corrected chi connectivity index (χ2v) is 6.51. The summed E-state index contributed by atoms with van der Waals surface area (Å²) in [5.41, 5.74) is 0.790. The maximum absolute atomic E-state index is 13.0. The molecule has 1 unspecified atom stereocenters. The van der Waals surface area contributed by atoms with Crippen LogP contribution in [0.3, 0.4) is 0 Å². The lowest BCUT2D eigenvalue weighted by molar-refractivity contribution is 0.117. The minimum Gasteiger partial charge on any atom is -0.491 e. The number of anilines is 1. The van der Waals surface area contributed by atoms with Crippen LogP contribution in [0.15, 0.2) is 46.9 Å². The topological polar surface area (TPSA) is 41.5 Å². The maximum Gasteiger partial charge on any atom is 0.124 e. The van der Waals surface area contributed by atoms with Crippen molar-refractivity contribution < 1.29 is 14.2 Å². The lowest BCUT2D eigenvalue weighted by atomic mass is 10.3. The predicted molar refractivity (Wildman–Crippen MR) is 93.3 cm³/mol. The normalized spacial score (nSPS) is 12.0. The summed E-state index contributed by atoms with van der Waals surface area (Å²) in [5.74, 6) is 0.420. The maximum atomic E-state index is 13.0. The van der Waals surface area contributed by atoms with Crippen molar-refractivity contribution in [2.75, 3.05) is 18.5 Å². The minimum atomic E-state index is -0.662. The third-order valence-corrected chi connectivity index (χ3v) is 4.08. The minimum absolute atomic E-state index is 0.182. The summed E-state index contributed by atoms with van der Waals surface area (Å²) in [6.45, 7) is 0.511. The fourth-order valence-corrected chi connectivity index (χ4v) is 2.71. The smallest absolute Gasteiger partial charge is 0.124 e. The van der Waals surface area contributed by atoms with Crippen LogP contribution in [0.2, 0.25) is 0 Å². The van der Waals surface area contributed by atoms with Gasteiger partial charge in [-0.05, 0) is 59.0 Å². The van der Waals surface area contributed by atoms with E-state index in [0.717, 1.165) is 13.7 Å². The van der Waals surface area contributed by atoms with Crippen LogP contribution in [-0.2, 0) is 0 Å². The van der Waals surface area contributed by atoms with E-state index in [1.165, 1.54) is 12.1 Å². The molecule has 3 nitrogen and oxygen atoms in total. The Hall–Kier alpha value is -0.860. The molecule has 0 aliphatic rings. The van der Waals surface area contributed by atoms with Crippen LogP contribution in [0.25, 0.3) is 0 Å². The van der Waals surface area contributed by atoms with E-state index in [1.54, 1.807) is 6.07 Å². The van der Waals surface area contributed by atoms with Gasteiger partial charge in [-0.15, -0.1) is 0 Å². The third kappa shape index (κ3) is 5.44. The molecule has 0 aliphatic carbocycles. The number of hydrogen-bond donors (Lipinski definition) is 2. The summed E-state index contributed by atoms with van der Waals surface area (Å²) >= 11 is 5.40. The van der Waals surface area contributed by atoms with E-state index >= 15 is 0 Å². The number of ether oxygens (including phenoxy) is 1. The molecule has 2 aromatic carbocycles. The molecule has 0 fully saturated rings. The Morgan fingerprint density at radius 3 is 2.81 bits per heavy atom. The molecule has 0 bridgehead atoms. The molecule has 2 rings (SSSR count). The van der Waals surface area contributed by atoms with Crippen molar-refractivity contribution in [3.8, 4) is 5.75 Å². The lowest BCUT2D eigenvalue weighted by Crippen LogP contribution is -2.26. The summed E-state index contributed by atoms with van der Waals surface area (Å²) in [6.07, 6.45) is -0.662. The largest absolute Gasteiger partial charge is 0.491 e. The molecule has 0 saturated heterocycles. The lowest BCUT2D eigenvalue weighted by Gasteiger charge is -2.15. The molecule has 0 aromatic heterocycles. The summed E-state index contributed by atoms with van der Waals surface area (Å²) < 4.78 is 20.2. The number of nitrogens with one attached hydrogen (secondary N) is 1. The fourth-order valence-electron chi connectivity index (χ4n) is 1.67. The van der Waals surface area contributed by atoms with Crippen LogP contribution < -0.4 is 10.1 Å². The van der Waals surface area contributed by atoms with Crippen molar-refractivity contribution in [3.63, 3.8) is 0 Å². The highest BCUT2D eigenvalue weighted by Crippen LogP contribution is 2.19. The first-order valence-electron chi connectivity index (χ1n) is 6.30. The third-order valence-electron chi connectivity index (χ3n) is 2.70. The molecule has 0 heterocycles. The highest BCUT2D eigenvalue weighted by atomic mass is 127. The SMILES string of the molecule is OC(CNc1ccc(F)cc1I)COc1cccc(Br)c1. The molecule has 0 spiro atoms. The molecule has 112 valence electrons. The van der Waals surface area contributed by atoms with Gasteiger partial charge in [0.2, 0.25) is 0 Å². The standard InChI is InChI=1S/C15H14BrFINO2/c16-10-2-1-3-13(6-10)21-9-12(20)8-19-15-5-4-11(17)7-14(15)18/h1-7,12,19-20H,8-9H2. The Bertz CT molecular complexity index is 612. The molecular formula is C15H14BrFINO2. The van der Waals surface area contributed by atoms with Gasteiger partial charge < -0.3 is 15.2 Å². The first-order chi connectivity index (χ1) is 10.0. The number of rotatable bonds is 6. The number of aliphatic hydroxyl groups excluding tert-OH is 1. The number of benzene rings is 2. The van der Waals surface area contributed by atoms with Crippen LogP contribution in [0.1, 0.15) is 0 Å². The summed E-state index contributed by atoms with van der Waals surface area (Å²) in [7, 11) is 0. The zero-order valence-electron chi connectivity index (χ0n) is 11.0. The molecule has 6 heteroatoms. The van der Waals surface area contributed by atoms with Crippen LogP contribution in [0.5, 0.6) is 5.75 Å². The van der Waals surface area contributed by atoms with Crippen molar-refractivity contribution in [3.05, 3.63) is 56.3 Å². The highest BCUT2D eigenvalue weighted by Gasteiger charge is 2.07. The van der Waals surface area contributed by atoms with Gasteiger partial charge in [-0.2, -0.15) is 0 Å². The van der Waals surface area contributed by atoms with E-state index in [2.05, 4.69) is 21.2 Å². The van der Waals surface area contributed by atoms with Gasteiger partial charge >= 0.3 is 0 Å². The molecule has 0 radical (unpaired) electrons. The van der Waals surface area contributed by atoms with Gasteiger partial charge in [0.15, 0.2) is 0 Å². The Morgan fingerprint density at radius 2 is 2.10 bits per heavy atom. The van der Waals surface area contributed by atoms with Crippen LogP contribution in [0, 0.1) is 9.39 Å². The van der Waals surface area contributed by atoms with Crippen LogP contribution in [-0.4, -0.2) is 24.4 Å². The van der Waals surface area contributed by atoms with E-state index in [4.69, 9.17) is 4.74 Å². The van der Waals surface area contributed by atoms with Crippen LogP contribution in [0.4, 0.5) is 10.1 Å². The van der Waals surface area contributed by atoms with Crippen LogP contribution >= 0.6 is 38.5 Å². The average molecular weight is 466 g/mol. The van der Waals surface area contributed by atoms with Gasteiger partial charge in [-0.25, -0.2) is 4.39 Å². The summed E-state index contributed by atoms with van der Waals surface area (Å²) in [6, 6.07) is 11.9. The first-order valence-corrected chi connectivity index (χ1v) is 8.17. The molecular weight excluding hydrogens is 452 g/mol. The number of hydrogen-bond acceptors (Lipinski definition) is 3. The summed E-state index contributed by atoms with van der Waals surface area (Å²) in [4.78, 5) is 0. The molecule has 2 aromatic rings. The Kier molecular flexibility index (Phi) is 6.25. The van der Waals surface area contributed by atoms with Crippen molar-refractivity contribution in [1.29, 1.82) is 0 Å². The molecule has 0 amide bonds. The van der Waals surface area contributed by atoms with E-state index in [-0.39, 0.29) is 12.4 Å². The second-order valence-electron chi connectivity index (χ2n) is 4.43. The fraction of sp³-hybridized carbons (Fsp3) is 0.200. The Labute approximate surface area is 144 Å². The van der Waals surface area contributed by atoms with Crippen molar-refractivity contribution in [2.45, 2.75) is 6.10 Å². The highest BCUT2D eigenvalue weighted by molar-refractivity contribution is 14.1. The van der Waals surface area contributed by atoms with E-state index in [1.807, 2.05) is 46.9 Å². The number of aliphatic hydroxyl groups is 1. The van der Waals surface area contributed by atoms with Crippen molar-refractivity contribution >= 4 is 44.2 Å². The van der Waals surface area contributed by atoms with Gasteiger partial charge in [0, 0.05) is 20.3 Å². The number of halogens is 3. The molecule has 21 heavy (non-hydrogen) atoms. The molecule has 0 saturated carbocycles. The first kappa shape index (κ1) is 16.5. The monoisotopic (exact) mass is 465 g/mol. The van der Waals surface area contributed by atoms with Crippen molar-refractivity contribution in [2.24, 2.45) is 0 Å². The Morgan fingerprint density at radius 1 is 1.29 bits per heavy atom. The molecule has 2 N–H and O–H groups in total. The van der Waals surface area contributed by atoms with E-state index in [9.17, 15) is 9.50 Å².